The van der Waals surface area contributed by atoms with Crippen LogP contribution in [0.2, 0.25) is 0 Å². The topological polar surface area (TPSA) is 52.7 Å². The number of nitrogens with zero attached hydrogens (tertiary/aromatic N) is 2. The number of piperazine rings is 1. The maximum Gasteiger partial charge on any atom is 0.0446 e. The second-order valence-electron chi connectivity index (χ2n) is 4.70. The molecular formula is C11H25N3O. The van der Waals surface area contributed by atoms with Crippen LogP contribution in [0.1, 0.15) is 20.3 Å². The Hall–Kier alpha value is -0.160. The van der Waals surface area contributed by atoms with E-state index in [1.807, 2.05) is 0 Å². The van der Waals surface area contributed by atoms with Gasteiger partial charge >= 0.3 is 0 Å². The fourth-order valence-corrected chi connectivity index (χ4v) is 2.05. The van der Waals surface area contributed by atoms with Crippen molar-refractivity contribution in [3.8, 4) is 0 Å². The van der Waals surface area contributed by atoms with Gasteiger partial charge in [0.15, 0.2) is 0 Å². The molecule has 0 saturated carbocycles. The Labute approximate surface area is 93.0 Å². The lowest BCUT2D eigenvalue weighted by Gasteiger charge is -2.37. The molecule has 1 aliphatic rings. The number of nitrogens with two attached hydrogens (primary N) is 1. The van der Waals surface area contributed by atoms with Gasteiger partial charge in [0.2, 0.25) is 0 Å². The van der Waals surface area contributed by atoms with Crippen LogP contribution in [0.5, 0.6) is 0 Å². The highest BCUT2D eigenvalue weighted by atomic mass is 16.3. The summed E-state index contributed by atoms with van der Waals surface area (Å²) >= 11 is 0. The highest BCUT2D eigenvalue weighted by Crippen LogP contribution is 2.06. The molecule has 1 fully saturated rings. The van der Waals surface area contributed by atoms with Crippen LogP contribution in [0.4, 0.5) is 0 Å². The molecule has 0 radical (unpaired) electrons. The zero-order valence-corrected chi connectivity index (χ0v) is 10.0. The third kappa shape index (κ3) is 4.47. The van der Waals surface area contributed by atoms with Crippen molar-refractivity contribution in [3.63, 3.8) is 0 Å². The molecule has 0 spiro atoms. The van der Waals surface area contributed by atoms with Crippen molar-refractivity contribution in [2.45, 2.75) is 32.4 Å². The molecule has 0 bridgehead atoms. The molecule has 15 heavy (non-hydrogen) atoms. The van der Waals surface area contributed by atoms with Gasteiger partial charge in [0, 0.05) is 51.4 Å². The fraction of sp³-hybridized carbons (Fsp3) is 1.00. The summed E-state index contributed by atoms with van der Waals surface area (Å²) in [6.07, 6.45) is 0.713. The van der Waals surface area contributed by atoms with Gasteiger partial charge in [-0.05, 0) is 20.3 Å². The third-order valence-electron chi connectivity index (χ3n) is 3.13. The Morgan fingerprint density at radius 3 is 2.27 bits per heavy atom. The van der Waals surface area contributed by atoms with Crippen LogP contribution < -0.4 is 5.73 Å². The van der Waals surface area contributed by atoms with E-state index in [2.05, 4.69) is 23.6 Å². The van der Waals surface area contributed by atoms with E-state index in [0.717, 1.165) is 32.7 Å². The lowest BCUT2D eigenvalue weighted by atomic mass is 10.2. The van der Waals surface area contributed by atoms with Crippen molar-refractivity contribution in [1.29, 1.82) is 0 Å². The van der Waals surface area contributed by atoms with E-state index in [4.69, 9.17) is 10.8 Å². The van der Waals surface area contributed by atoms with Gasteiger partial charge in [-0.1, -0.05) is 0 Å². The second kappa shape index (κ2) is 6.43. The molecule has 1 rings (SSSR count). The summed E-state index contributed by atoms with van der Waals surface area (Å²) < 4.78 is 0. The monoisotopic (exact) mass is 215 g/mol. The van der Waals surface area contributed by atoms with Gasteiger partial charge in [-0.2, -0.15) is 0 Å². The van der Waals surface area contributed by atoms with E-state index in [1.54, 1.807) is 0 Å². The highest BCUT2D eigenvalue weighted by Gasteiger charge is 2.19. The Morgan fingerprint density at radius 1 is 1.20 bits per heavy atom. The van der Waals surface area contributed by atoms with E-state index in [9.17, 15) is 0 Å². The predicted octanol–water partition coefficient (Wildman–Crippen LogP) is -0.278. The van der Waals surface area contributed by atoms with Crippen LogP contribution in [-0.4, -0.2) is 66.3 Å². The average Bonchev–Trinajstić information content (AvgIpc) is 2.18. The molecule has 0 aliphatic carbocycles. The standard InChI is InChI=1S/C11H25N3O/c1-10(2)14-6-4-13(5-7-14)9-11(12)3-8-15/h10-11,15H,3-9,12H2,1-2H3. The largest absolute Gasteiger partial charge is 0.396 e. The lowest BCUT2D eigenvalue weighted by molar-refractivity contribution is 0.102. The van der Waals surface area contributed by atoms with Gasteiger partial charge in [0.25, 0.3) is 0 Å². The first-order chi connectivity index (χ1) is 7.13. The van der Waals surface area contributed by atoms with Crippen LogP contribution in [0.15, 0.2) is 0 Å². The third-order valence-corrected chi connectivity index (χ3v) is 3.13. The van der Waals surface area contributed by atoms with Crippen LogP contribution in [-0.2, 0) is 0 Å². The first-order valence-corrected chi connectivity index (χ1v) is 5.96. The molecule has 1 aliphatic heterocycles. The smallest absolute Gasteiger partial charge is 0.0446 e. The molecule has 0 aromatic carbocycles. The maximum atomic E-state index is 8.77. The summed E-state index contributed by atoms with van der Waals surface area (Å²) in [5.41, 5.74) is 5.89. The van der Waals surface area contributed by atoms with Crippen molar-refractivity contribution in [1.82, 2.24) is 9.80 Å². The van der Waals surface area contributed by atoms with Gasteiger partial charge in [-0.25, -0.2) is 0 Å². The molecule has 4 heteroatoms. The molecule has 1 atom stereocenters. The molecule has 0 amide bonds. The van der Waals surface area contributed by atoms with Crippen molar-refractivity contribution < 1.29 is 5.11 Å². The Morgan fingerprint density at radius 2 is 1.80 bits per heavy atom. The SMILES string of the molecule is CC(C)N1CCN(CC(N)CCO)CC1. The van der Waals surface area contributed by atoms with Gasteiger partial charge in [0.1, 0.15) is 0 Å². The lowest BCUT2D eigenvalue weighted by Crippen LogP contribution is -2.51. The van der Waals surface area contributed by atoms with E-state index >= 15 is 0 Å². The Kier molecular flexibility index (Phi) is 5.53. The van der Waals surface area contributed by atoms with E-state index in [0.29, 0.717) is 12.5 Å². The average molecular weight is 215 g/mol. The first-order valence-electron chi connectivity index (χ1n) is 5.96. The maximum absolute atomic E-state index is 8.77. The van der Waals surface area contributed by atoms with Crippen LogP contribution in [0.25, 0.3) is 0 Å². The molecule has 4 nitrogen and oxygen atoms in total. The number of rotatable bonds is 5. The summed E-state index contributed by atoms with van der Waals surface area (Å²) in [7, 11) is 0. The summed E-state index contributed by atoms with van der Waals surface area (Å²) in [6.45, 7) is 10.1. The summed E-state index contributed by atoms with van der Waals surface area (Å²) in [5.74, 6) is 0. The predicted molar refractivity (Wildman–Crippen MR) is 62.8 cm³/mol. The highest BCUT2D eigenvalue weighted by molar-refractivity contribution is 4.77. The van der Waals surface area contributed by atoms with Crippen molar-refractivity contribution in [2.24, 2.45) is 5.73 Å². The summed E-state index contributed by atoms with van der Waals surface area (Å²) in [4.78, 5) is 4.90. The van der Waals surface area contributed by atoms with E-state index < -0.39 is 0 Å². The molecule has 1 unspecified atom stereocenters. The van der Waals surface area contributed by atoms with Crippen molar-refractivity contribution >= 4 is 0 Å². The van der Waals surface area contributed by atoms with Crippen LogP contribution in [0, 0.1) is 0 Å². The zero-order chi connectivity index (χ0) is 11.3. The number of aliphatic hydroxyl groups excluding tert-OH is 1. The number of hydrogen-bond acceptors (Lipinski definition) is 4. The minimum atomic E-state index is 0.126. The van der Waals surface area contributed by atoms with Gasteiger partial charge < -0.3 is 10.8 Å². The second-order valence-corrected chi connectivity index (χ2v) is 4.70. The summed E-state index contributed by atoms with van der Waals surface area (Å²) in [6, 6.07) is 0.777. The zero-order valence-electron chi connectivity index (χ0n) is 10.0. The normalized spacial score (nSPS) is 22.2. The van der Waals surface area contributed by atoms with Crippen LogP contribution >= 0.6 is 0 Å². The molecule has 1 saturated heterocycles. The van der Waals surface area contributed by atoms with E-state index in [-0.39, 0.29) is 12.6 Å². The molecule has 0 aromatic heterocycles. The first kappa shape index (κ1) is 12.9. The molecular weight excluding hydrogens is 190 g/mol. The van der Waals surface area contributed by atoms with E-state index in [1.165, 1.54) is 0 Å². The summed E-state index contributed by atoms with van der Waals surface area (Å²) in [5, 5.41) is 8.77. The Balaban J connectivity index is 2.19. The van der Waals surface area contributed by atoms with Crippen LogP contribution in [0.3, 0.4) is 0 Å². The van der Waals surface area contributed by atoms with Gasteiger partial charge in [-0.15, -0.1) is 0 Å². The molecule has 90 valence electrons. The molecule has 1 heterocycles. The Bertz CT molecular complexity index is 167. The van der Waals surface area contributed by atoms with Gasteiger partial charge in [0.05, 0.1) is 0 Å². The minimum absolute atomic E-state index is 0.126. The molecule has 0 aromatic rings. The van der Waals surface area contributed by atoms with Crippen molar-refractivity contribution in [2.75, 3.05) is 39.3 Å². The quantitative estimate of drug-likeness (QED) is 0.662. The molecule has 3 N–H and O–H groups in total. The fourth-order valence-electron chi connectivity index (χ4n) is 2.05. The minimum Gasteiger partial charge on any atom is -0.396 e. The number of hydrogen-bond donors (Lipinski definition) is 2. The van der Waals surface area contributed by atoms with Crippen molar-refractivity contribution in [3.05, 3.63) is 0 Å². The van der Waals surface area contributed by atoms with Gasteiger partial charge in [-0.3, -0.25) is 9.80 Å². The number of aliphatic hydroxyl groups is 1.